The summed E-state index contributed by atoms with van der Waals surface area (Å²) in [5.74, 6) is 1.34. The van der Waals surface area contributed by atoms with E-state index in [1.54, 1.807) is 0 Å². The summed E-state index contributed by atoms with van der Waals surface area (Å²) in [5.41, 5.74) is 4.13. The number of fused-ring (bicyclic) bond motifs is 1. The summed E-state index contributed by atoms with van der Waals surface area (Å²) in [5, 5.41) is 1.32. The monoisotopic (exact) mass is 332 g/mol. The molecule has 0 spiro atoms. The number of piperidine rings is 1. The Morgan fingerprint density at radius 2 is 1.48 bits per heavy atom. The number of nitrogens with zero attached hydrogens (tertiary/aromatic N) is 2. The van der Waals surface area contributed by atoms with E-state index >= 15 is 0 Å². The maximum atomic E-state index is 2.56. The summed E-state index contributed by atoms with van der Waals surface area (Å²) in [6.07, 6.45) is 3.95. The van der Waals surface area contributed by atoms with Crippen LogP contribution in [0.25, 0.3) is 16.6 Å². The second-order valence-electron chi connectivity index (χ2n) is 8.24. The molecule has 0 atom stereocenters. The van der Waals surface area contributed by atoms with Crippen LogP contribution < -0.4 is 4.90 Å². The van der Waals surface area contributed by atoms with E-state index in [-0.39, 0.29) is 5.41 Å². The second kappa shape index (κ2) is 6.25. The number of para-hydroxylation sites is 1. The molecule has 1 aliphatic heterocycles. The molecule has 1 aliphatic rings. The van der Waals surface area contributed by atoms with Crippen molar-refractivity contribution in [1.29, 1.82) is 0 Å². The highest BCUT2D eigenvalue weighted by molar-refractivity contribution is 5.87. The summed E-state index contributed by atoms with van der Waals surface area (Å²) in [7, 11) is 0. The molecule has 0 radical (unpaired) electrons. The van der Waals surface area contributed by atoms with Gasteiger partial charge in [-0.1, -0.05) is 51.1 Å². The van der Waals surface area contributed by atoms with E-state index < -0.39 is 0 Å². The molecule has 2 heterocycles. The molecule has 4 rings (SSSR count). The van der Waals surface area contributed by atoms with Crippen molar-refractivity contribution in [3.05, 3.63) is 60.2 Å². The number of hydrogen-bond donors (Lipinski definition) is 0. The molecule has 0 aliphatic carbocycles. The van der Waals surface area contributed by atoms with Crippen LogP contribution in [-0.4, -0.2) is 17.7 Å². The van der Waals surface area contributed by atoms with E-state index in [1.165, 1.54) is 47.2 Å². The van der Waals surface area contributed by atoms with Crippen molar-refractivity contribution in [3.8, 4) is 5.69 Å². The summed E-state index contributed by atoms with van der Waals surface area (Å²) in [6.45, 7) is 9.14. The fraction of sp³-hybridized carbons (Fsp3) is 0.391. The molecule has 0 saturated carbocycles. The third-order valence-corrected chi connectivity index (χ3v) is 5.36. The van der Waals surface area contributed by atoms with E-state index in [4.69, 9.17) is 0 Å². The Hall–Kier alpha value is -2.22. The van der Waals surface area contributed by atoms with Crippen molar-refractivity contribution in [1.82, 2.24) is 4.57 Å². The predicted octanol–water partition coefficient (Wildman–Crippen LogP) is 5.92. The Kier molecular flexibility index (Phi) is 4.07. The van der Waals surface area contributed by atoms with Gasteiger partial charge in [-0.15, -0.1) is 0 Å². The SMILES string of the molecule is CC(C)(C)c1ccc(-n2c(N3CCCCC3)cc3ccccc32)cc1. The average Bonchev–Trinajstić information content (AvgIpc) is 3.01. The van der Waals surface area contributed by atoms with Gasteiger partial charge in [-0.25, -0.2) is 0 Å². The van der Waals surface area contributed by atoms with Crippen LogP contribution in [0.5, 0.6) is 0 Å². The first-order valence-corrected chi connectivity index (χ1v) is 9.50. The average molecular weight is 332 g/mol. The molecule has 25 heavy (non-hydrogen) atoms. The first-order chi connectivity index (χ1) is 12.0. The van der Waals surface area contributed by atoms with Gasteiger partial charge in [0.1, 0.15) is 5.82 Å². The summed E-state index contributed by atoms with van der Waals surface area (Å²) in [6, 6.07) is 20.2. The largest absolute Gasteiger partial charge is 0.358 e. The molecule has 0 bridgehead atoms. The van der Waals surface area contributed by atoms with Crippen LogP contribution in [0.4, 0.5) is 5.82 Å². The molecule has 1 fully saturated rings. The van der Waals surface area contributed by atoms with E-state index in [0.29, 0.717) is 0 Å². The van der Waals surface area contributed by atoms with Gasteiger partial charge < -0.3 is 4.90 Å². The van der Waals surface area contributed by atoms with Gasteiger partial charge in [-0.05, 0) is 54.5 Å². The highest BCUT2D eigenvalue weighted by Crippen LogP contribution is 2.33. The molecule has 0 unspecified atom stereocenters. The highest BCUT2D eigenvalue weighted by atomic mass is 15.2. The molecule has 2 nitrogen and oxygen atoms in total. The Bertz CT molecular complexity index is 859. The highest BCUT2D eigenvalue weighted by Gasteiger charge is 2.19. The number of anilines is 1. The van der Waals surface area contributed by atoms with Crippen molar-refractivity contribution in [2.45, 2.75) is 45.4 Å². The van der Waals surface area contributed by atoms with Gasteiger partial charge in [0.25, 0.3) is 0 Å². The molecule has 130 valence electrons. The van der Waals surface area contributed by atoms with Gasteiger partial charge in [0.2, 0.25) is 0 Å². The maximum absolute atomic E-state index is 2.56. The fourth-order valence-corrected chi connectivity index (χ4v) is 3.88. The van der Waals surface area contributed by atoms with Crippen LogP contribution >= 0.6 is 0 Å². The molecule has 0 amide bonds. The lowest BCUT2D eigenvalue weighted by Crippen LogP contribution is -2.31. The second-order valence-corrected chi connectivity index (χ2v) is 8.24. The van der Waals surface area contributed by atoms with Crippen LogP contribution in [0, 0.1) is 0 Å². The van der Waals surface area contributed by atoms with Crippen LogP contribution in [0.1, 0.15) is 45.6 Å². The topological polar surface area (TPSA) is 8.17 Å². The minimum Gasteiger partial charge on any atom is -0.358 e. The first-order valence-electron chi connectivity index (χ1n) is 9.50. The van der Waals surface area contributed by atoms with Crippen molar-refractivity contribution in [2.24, 2.45) is 0 Å². The number of rotatable bonds is 2. The van der Waals surface area contributed by atoms with Crippen LogP contribution in [0.2, 0.25) is 0 Å². The van der Waals surface area contributed by atoms with Crippen molar-refractivity contribution >= 4 is 16.7 Å². The van der Waals surface area contributed by atoms with Crippen LogP contribution in [0.3, 0.4) is 0 Å². The molecular formula is C23H28N2. The molecule has 1 aromatic heterocycles. The van der Waals surface area contributed by atoms with Gasteiger partial charge in [-0.3, -0.25) is 4.57 Å². The van der Waals surface area contributed by atoms with Gasteiger partial charge in [0.15, 0.2) is 0 Å². The Morgan fingerprint density at radius 1 is 0.800 bits per heavy atom. The van der Waals surface area contributed by atoms with Gasteiger partial charge in [0.05, 0.1) is 5.52 Å². The normalized spacial score (nSPS) is 15.7. The molecule has 1 saturated heterocycles. The third kappa shape index (κ3) is 3.06. The molecular weight excluding hydrogens is 304 g/mol. The Labute approximate surface area is 151 Å². The summed E-state index contributed by atoms with van der Waals surface area (Å²) >= 11 is 0. The van der Waals surface area contributed by atoms with E-state index in [0.717, 1.165) is 13.1 Å². The molecule has 3 aromatic rings. The third-order valence-electron chi connectivity index (χ3n) is 5.36. The molecule has 0 N–H and O–H groups in total. The number of benzene rings is 2. The summed E-state index contributed by atoms with van der Waals surface area (Å²) in [4.78, 5) is 2.56. The molecule has 2 aromatic carbocycles. The lowest BCUT2D eigenvalue weighted by atomic mass is 9.87. The van der Waals surface area contributed by atoms with Crippen molar-refractivity contribution in [3.63, 3.8) is 0 Å². The smallest absolute Gasteiger partial charge is 0.114 e. The lowest BCUT2D eigenvalue weighted by molar-refractivity contribution is 0.571. The van der Waals surface area contributed by atoms with Crippen LogP contribution in [-0.2, 0) is 5.41 Å². The minimum atomic E-state index is 0.187. The van der Waals surface area contributed by atoms with E-state index in [9.17, 15) is 0 Å². The fourth-order valence-electron chi connectivity index (χ4n) is 3.88. The minimum absolute atomic E-state index is 0.187. The van der Waals surface area contributed by atoms with Crippen molar-refractivity contribution < 1.29 is 0 Å². The molecule has 2 heteroatoms. The lowest BCUT2D eigenvalue weighted by Gasteiger charge is -2.30. The van der Waals surface area contributed by atoms with Gasteiger partial charge >= 0.3 is 0 Å². The number of hydrogen-bond acceptors (Lipinski definition) is 1. The van der Waals surface area contributed by atoms with E-state index in [2.05, 4.69) is 84.8 Å². The van der Waals surface area contributed by atoms with Gasteiger partial charge in [-0.2, -0.15) is 0 Å². The van der Waals surface area contributed by atoms with Crippen molar-refractivity contribution in [2.75, 3.05) is 18.0 Å². The predicted molar refractivity (Wildman–Crippen MR) is 108 cm³/mol. The van der Waals surface area contributed by atoms with Crippen LogP contribution in [0.15, 0.2) is 54.6 Å². The standard InChI is InChI=1S/C23H28N2/c1-23(2,3)19-11-13-20(14-12-19)25-21-10-6-5-9-18(21)17-22(25)24-15-7-4-8-16-24/h5-6,9-14,17H,4,7-8,15-16H2,1-3H3. The van der Waals surface area contributed by atoms with Gasteiger partial charge in [0, 0.05) is 24.2 Å². The zero-order valence-electron chi connectivity index (χ0n) is 15.6. The zero-order valence-corrected chi connectivity index (χ0v) is 15.6. The zero-order chi connectivity index (χ0) is 17.4. The summed E-state index contributed by atoms with van der Waals surface area (Å²) < 4.78 is 2.44. The maximum Gasteiger partial charge on any atom is 0.114 e. The Balaban J connectivity index is 1.84. The quantitative estimate of drug-likeness (QED) is 0.565. The Morgan fingerprint density at radius 3 is 2.16 bits per heavy atom. The van der Waals surface area contributed by atoms with E-state index in [1.807, 2.05) is 0 Å². The first kappa shape index (κ1) is 16.3. The number of aromatic nitrogens is 1.